The fraction of sp³-hybridized carbons (Fsp3) is 0.632. The van der Waals surface area contributed by atoms with E-state index in [9.17, 15) is 9.59 Å². The highest BCUT2D eigenvalue weighted by atomic mass is 16.6. The first-order valence-corrected chi connectivity index (χ1v) is 17.1. The van der Waals surface area contributed by atoms with Crippen molar-refractivity contribution in [3.8, 4) is 0 Å². The standard InChI is InChI=1S/C38H56O4/c1-5-9-11-14-20-32-26-29(7-3)22-24-34(32)37(39)41-28-36(31-18-16-13-17-19-31)42-38(40)35-25-23-30(8-4)27-33(35)21-15-12-10-6-2/h22-27,31,36H,5-21,28H2,1-4H3. The van der Waals surface area contributed by atoms with E-state index >= 15 is 0 Å². The van der Waals surface area contributed by atoms with Crippen molar-refractivity contribution in [1.29, 1.82) is 0 Å². The zero-order valence-electron chi connectivity index (χ0n) is 27.0. The Labute approximate surface area is 256 Å². The minimum Gasteiger partial charge on any atom is -0.458 e. The van der Waals surface area contributed by atoms with Gasteiger partial charge in [0.15, 0.2) is 0 Å². The number of rotatable bonds is 18. The lowest BCUT2D eigenvalue weighted by Gasteiger charge is -2.30. The second-order valence-electron chi connectivity index (χ2n) is 12.3. The van der Waals surface area contributed by atoms with Crippen LogP contribution in [0.25, 0.3) is 0 Å². The quantitative estimate of drug-likeness (QED) is 0.131. The summed E-state index contributed by atoms with van der Waals surface area (Å²) in [6.07, 6.45) is 18.0. The molecule has 2 aromatic carbocycles. The molecule has 0 aromatic heterocycles. The third-order valence-electron chi connectivity index (χ3n) is 9.01. The summed E-state index contributed by atoms with van der Waals surface area (Å²) in [5.41, 5.74) is 5.96. The number of carbonyl (C=O) groups excluding carboxylic acids is 2. The highest BCUT2D eigenvalue weighted by Crippen LogP contribution is 2.30. The SMILES string of the molecule is CCCCCCc1cc(CC)ccc1C(=O)OCC(OC(=O)c1ccc(CC)cc1CCCCCC)C1CCCCC1. The number of hydrogen-bond donors (Lipinski definition) is 0. The summed E-state index contributed by atoms with van der Waals surface area (Å²) < 4.78 is 12.2. The molecule has 42 heavy (non-hydrogen) atoms. The van der Waals surface area contributed by atoms with Gasteiger partial charge >= 0.3 is 11.9 Å². The highest BCUT2D eigenvalue weighted by Gasteiger charge is 2.30. The molecular formula is C38H56O4. The largest absolute Gasteiger partial charge is 0.458 e. The number of esters is 2. The van der Waals surface area contributed by atoms with Crippen molar-refractivity contribution >= 4 is 11.9 Å². The molecule has 2 aromatic rings. The molecule has 232 valence electrons. The number of carbonyl (C=O) groups is 2. The van der Waals surface area contributed by atoms with Gasteiger partial charge in [-0.2, -0.15) is 0 Å². The monoisotopic (exact) mass is 576 g/mol. The predicted octanol–water partition coefficient (Wildman–Crippen LogP) is 10.0. The normalized spacial score (nSPS) is 14.5. The fourth-order valence-electron chi connectivity index (χ4n) is 6.24. The Kier molecular flexibility index (Phi) is 15.2. The zero-order valence-corrected chi connectivity index (χ0v) is 27.0. The van der Waals surface area contributed by atoms with Crippen LogP contribution in [-0.2, 0) is 35.2 Å². The van der Waals surface area contributed by atoms with Gasteiger partial charge in [-0.3, -0.25) is 0 Å². The maximum atomic E-state index is 13.7. The molecule has 0 aliphatic heterocycles. The van der Waals surface area contributed by atoms with Crippen LogP contribution < -0.4 is 0 Å². The number of aryl methyl sites for hydroxylation is 4. The number of ether oxygens (including phenoxy) is 2. The lowest BCUT2D eigenvalue weighted by molar-refractivity contribution is -0.0248. The third-order valence-corrected chi connectivity index (χ3v) is 9.01. The van der Waals surface area contributed by atoms with Gasteiger partial charge < -0.3 is 9.47 Å². The smallest absolute Gasteiger partial charge is 0.338 e. The van der Waals surface area contributed by atoms with Crippen molar-refractivity contribution in [1.82, 2.24) is 0 Å². The van der Waals surface area contributed by atoms with Gasteiger partial charge in [-0.25, -0.2) is 9.59 Å². The molecule has 3 rings (SSSR count). The Bertz CT molecular complexity index is 1100. The summed E-state index contributed by atoms with van der Waals surface area (Å²) >= 11 is 0. The van der Waals surface area contributed by atoms with E-state index in [0.29, 0.717) is 11.1 Å². The maximum absolute atomic E-state index is 13.7. The molecule has 0 heterocycles. The van der Waals surface area contributed by atoms with E-state index in [-0.39, 0.29) is 24.5 Å². The van der Waals surface area contributed by atoms with Crippen molar-refractivity contribution in [3.63, 3.8) is 0 Å². The summed E-state index contributed by atoms with van der Waals surface area (Å²) in [5, 5.41) is 0. The Hall–Kier alpha value is -2.62. The molecule has 0 spiro atoms. The van der Waals surface area contributed by atoms with Crippen molar-refractivity contribution in [2.24, 2.45) is 5.92 Å². The minimum atomic E-state index is -0.427. The van der Waals surface area contributed by atoms with Gasteiger partial charge in [0.05, 0.1) is 11.1 Å². The molecule has 0 bridgehead atoms. The van der Waals surface area contributed by atoms with Crippen LogP contribution in [0.5, 0.6) is 0 Å². The molecular weight excluding hydrogens is 520 g/mol. The van der Waals surface area contributed by atoms with Gasteiger partial charge in [0.25, 0.3) is 0 Å². The summed E-state index contributed by atoms with van der Waals surface area (Å²) in [6.45, 7) is 8.83. The fourth-order valence-corrected chi connectivity index (χ4v) is 6.24. The van der Waals surface area contributed by atoms with E-state index in [0.717, 1.165) is 75.3 Å². The van der Waals surface area contributed by atoms with Gasteiger partial charge in [0.2, 0.25) is 0 Å². The predicted molar refractivity (Wildman–Crippen MR) is 173 cm³/mol. The number of benzene rings is 2. The Morgan fingerprint density at radius 1 is 0.690 bits per heavy atom. The molecule has 0 saturated heterocycles. The third kappa shape index (κ3) is 10.6. The first-order chi connectivity index (χ1) is 20.5. The summed E-state index contributed by atoms with van der Waals surface area (Å²) in [5.74, 6) is -0.364. The first-order valence-electron chi connectivity index (χ1n) is 17.1. The Balaban J connectivity index is 1.75. The lowest BCUT2D eigenvalue weighted by atomic mass is 9.85. The molecule has 1 atom stereocenters. The molecule has 4 heteroatoms. The highest BCUT2D eigenvalue weighted by molar-refractivity contribution is 5.92. The van der Waals surface area contributed by atoms with Gasteiger partial charge in [-0.15, -0.1) is 0 Å². The Morgan fingerprint density at radius 3 is 1.71 bits per heavy atom. The molecule has 1 aliphatic carbocycles. The number of unbranched alkanes of at least 4 members (excludes halogenated alkanes) is 6. The van der Waals surface area contributed by atoms with Gasteiger partial charge in [-0.1, -0.05) is 110 Å². The van der Waals surface area contributed by atoms with Crippen LogP contribution in [0.1, 0.15) is 154 Å². The molecule has 0 amide bonds. The van der Waals surface area contributed by atoms with Crippen LogP contribution in [0, 0.1) is 5.92 Å². The molecule has 1 fully saturated rings. The molecule has 4 nitrogen and oxygen atoms in total. The second kappa shape index (κ2) is 18.8. The average molecular weight is 577 g/mol. The lowest BCUT2D eigenvalue weighted by Crippen LogP contribution is -2.34. The Morgan fingerprint density at radius 2 is 1.21 bits per heavy atom. The van der Waals surface area contributed by atoms with Gasteiger partial charge in [-0.05, 0) is 91.7 Å². The zero-order chi connectivity index (χ0) is 30.2. The molecule has 1 unspecified atom stereocenters. The van der Waals surface area contributed by atoms with Crippen LogP contribution in [0.2, 0.25) is 0 Å². The van der Waals surface area contributed by atoms with E-state index in [1.54, 1.807) is 0 Å². The van der Waals surface area contributed by atoms with Gasteiger partial charge in [0, 0.05) is 0 Å². The van der Waals surface area contributed by atoms with Crippen molar-refractivity contribution in [2.75, 3.05) is 6.61 Å². The van der Waals surface area contributed by atoms with Crippen LogP contribution >= 0.6 is 0 Å². The van der Waals surface area contributed by atoms with Crippen LogP contribution in [0.3, 0.4) is 0 Å². The molecule has 0 radical (unpaired) electrons. The van der Waals surface area contributed by atoms with E-state index in [2.05, 4.69) is 39.8 Å². The summed E-state index contributed by atoms with van der Waals surface area (Å²) in [6, 6.07) is 12.3. The van der Waals surface area contributed by atoms with E-state index in [1.165, 1.54) is 56.1 Å². The first kappa shape index (κ1) is 33.9. The summed E-state index contributed by atoms with van der Waals surface area (Å²) in [4.78, 5) is 27.1. The van der Waals surface area contributed by atoms with Crippen molar-refractivity contribution in [3.05, 3.63) is 69.8 Å². The topological polar surface area (TPSA) is 52.6 Å². The van der Waals surface area contributed by atoms with Crippen LogP contribution in [-0.4, -0.2) is 24.6 Å². The van der Waals surface area contributed by atoms with Crippen molar-refractivity contribution in [2.45, 2.75) is 143 Å². The number of hydrogen-bond acceptors (Lipinski definition) is 4. The van der Waals surface area contributed by atoms with E-state index < -0.39 is 6.10 Å². The summed E-state index contributed by atoms with van der Waals surface area (Å²) in [7, 11) is 0. The van der Waals surface area contributed by atoms with Crippen LogP contribution in [0.4, 0.5) is 0 Å². The molecule has 1 saturated carbocycles. The molecule has 1 aliphatic rings. The maximum Gasteiger partial charge on any atom is 0.338 e. The van der Waals surface area contributed by atoms with Crippen molar-refractivity contribution < 1.29 is 19.1 Å². The van der Waals surface area contributed by atoms with Crippen LogP contribution in [0.15, 0.2) is 36.4 Å². The minimum absolute atomic E-state index is 0.110. The van der Waals surface area contributed by atoms with E-state index in [1.807, 2.05) is 24.3 Å². The second-order valence-corrected chi connectivity index (χ2v) is 12.3. The van der Waals surface area contributed by atoms with E-state index in [4.69, 9.17) is 9.47 Å². The average Bonchev–Trinajstić information content (AvgIpc) is 3.03. The molecule has 0 N–H and O–H groups in total. The van der Waals surface area contributed by atoms with Gasteiger partial charge in [0.1, 0.15) is 12.7 Å².